The average molecular weight is 247 g/mol. The number of carbonyl (C=O) groups excluding carboxylic acids is 1. The van der Waals surface area contributed by atoms with Crippen molar-refractivity contribution in [3.63, 3.8) is 0 Å². The number of carbonyl (C=O) groups is 1. The molecule has 2 rings (SSSR count). The predicted molar refractivity (Wildman–Crippen MR) is 67.7 cm³/mol. The van der Waals surface area contributed by atoms with Gasteiger partial charge in [0.15, 0.2) is 0 Å². The average Bonchev–Trinajstić information content (AvgIpc) is 2.45. The first-order valence-corrected chi connectivity index (χ1v) is 6.03. The van der Waals surface area contributed by atoms with Gasteiger partial charge in [-0.1, -0.05) is 0 Å². The molecule has 0 unspecified atom stereocenters. The van der Waals surface area contributed by atoms with Gasteiger partial charge in [0.05, 0.1) is 13.2 Å². The van der Waals surface area contributed by atoms with Crippen molar-refractivity contribution in [2.24, 2.45) is 0 Å². The Morgan fingerprint density at radius 3 is 2.78 bits per heavy atom. The lowest BCUT2D eigenvalue weighted by Crippen LogP contribution is -2.32. The number of hydrogen-bond acceptors (Lipinski definition) is 3. The molecule has 1 aliphatic rings. The monoisotopic (exact) mass is 247 g/mol. The van der Waals surface area contributed by atoms with Crippen molar-refractivity contribution in [2.75, 3.05) is 13.2 Å². The largest absolute Gasteiger partial charge is 0.381 e. The number of aromatic nitrogens is 1. The summed E-state index contributed by atoms with van der Waals surface area (Å²) < 4.78 is 5.24. The molecule has 1 aliphatic heterocycles. The summed E-state index contributed by atoms with van der Waals surface area (Å²) in [7, 11) is 0. The summed E-state index contributed by atoms with van der Waals surface area (Å²) in [5.41, 5.74) is 2.25. The zero-order chi connectivity index (χ0) is 12.6. The van der Waals surface area contributed by atoms with Crippen molar-refractivity contribution in [3.05, 3.63) is 41.9 Å². The van der Waals surface area contributed by atoms with Gasteiger partial charge >= 0.3 is 6.03 Å². The van der Waals surface area contributed by atoms with Crippen LogP contribution in [0, 0.1) is 0 Å². The van der Waals surface area contributed by atoms with Crippen LogP contribution in [-0.2, 0) is 11.3 Å². The molecule has 2 N–H and O–H groups in total. The quantitative estimate of drug-likeness (QED) is 0.852. The summed E-state index contributed by atoms with van der Waals surface area (Å²) in [5.74, 6) is 0. The number of amides is 2. The molecule has 0 saturated carbocycles. The molecule has 0 aromatic carbocycles. The lowest BCUT2D eigenvalue weighted by Gasteiger charge is -2.14. The van der Waals surface area contributed by atoms with Crippen LogP contribution >= 0.6 is 0 Å². The highest BCUT2D eigenvalue weighted by Crippen LogP contribution is 2.11. The van der Waals surface area contributed by atoms with Gasteiger partial charge in [0, 0.05) is 25.1 Å². The van der Waals surface area contributed by atoms with Crippen LogP contribution in [0.2, 0.25) is 0 Å². The van der Waals surface area contributed by atoms with E-state index in [4.69, 9.17) is 4.74 Å². The Morgan fingerprint density at radius 1 is 1.33 bits per heavy atom. The van der Waals surface area contributed by atoms with Gasteiger partial charge in [0.25, 0.3) is 0 Å². The fraction of sp³-hybridized carbons (Fsp3) is 0.385. The van der Waals surface area contributed by atoms with Crippen LogP contribution in [0.1, 0.15) is 18.4 Å². The fourth-order valence-electron chi connectivity index (χ4n) is 1.68. The van der Waals surface area contributed by atoms with Crippen LogP contribution in [0.4, 0.5) is 4.79 Å². The van der Waals surface area contributed by atoms with Gasteiger partial charge < -0.3 is 15.4 Å². The number of rotatable bonds is 3. The van der Waals surface area contributed by atoms with Crippen LogP contribution in [0.25, 0.3) is 0 Å². The molecule has 1 aromatic heterocycles. The van der Waals surface area contributed by atoms with Crippen LogP contribution in [0.3, 0.4) is 0 Å². The summed E-state index contributed by atoms with van der Waals surface area (Å²) >= 11 is 0. The molecule has 1 saturated heterocycles. The van der Waals surface area contributed by atoms with E-state index in [-0.39, 0.29) is 6.03 Å². The molecular formula is C13H17N3O2. The topological polar surface area (TPSA) is 63.2 Å². The molecular weight excluding hydrogens is 230 g/mol. The minimum Gasteiger partial charge on any atom is -0.381 e. The summed E-state index contributed by atoms with van der Waals surface area (Å²) in [5, 5.41) is 5.52. The molecule has 2 amide bonds. The first kappa shape index (κ1) is 12.6. The number of urea groups is 1. The SMILES string of the molecule is O=C(NC=C1CCOCC1)NCc1ccncc1. The Balaban J connectivity index is 1.72. The van der Waals surface area contributed by atoms with Crippen LogP contribution in [0.15, 0.2) is 36.3 Å². The Hall–Kier alpha value is -1.88. The number of hydrogen-bond donors (Lipinski definition) is 2. The Labute approximate surface area is 106 Å². The minimum atomic E-state index is -0.189. The fourth-order valence-corrected chi connectivity index (χ4v) is 1.68. The second-order valence-corrected chi connectivity index (χ2v) is 4.10. The van der Waals surface area contributed by atoms with Gasteiger partial charge in [0.1, 0.15) is 0 Å². The van der Waals surface area contributed by atoms with E-state index in [2.05, 4.69) is 15.6 Å². The molecule has 2 heterocycles. The Kier molecular flexibility index (Phi) is 4.72. The molecule has 0 radical (unpaired) electrons. The first-order valence-electron chi connectivity index (χ1n) is 6.03. The van der Waals surface area contributed by atoms with Gasteiger partial charge in [-0.3, -0.25) is 4.98 Å². The Morgan fingerprint density at radius 2 is 2.06 bits per heavy atom. The smallest absolute Gasteiger partial charge is 0.319 e. The van der Waals surface area contributed by atoms with Gasteiger partial charge in [0.2, 0.25) is 0 Å². The van der Waals surface area contributed by atoms with E-state index >= 15 is 0 Å². The van der Waals surface area contributed by atoms with E-state index in [0.717, 1.165) is 31.6 Å². The standard InChI is InChI=1S/C13H17N3O2/c17-13(15-9-11-1-5-14-6-2-11)16-10-12-3-7-18-8-4-12/h1-2,5-6,10H,3-4,7-9H2,(H2,15,16,17). The molecule has 5 nitrogen and oxygen atoms in total. The van der Waals surface area contributed by atoms with Crippen molar-refractivity contribution in [2.45, 2.75) is 19.4 Å². The van der Waals surface area contributed by atoms with E-state index in [1.807, 2.05) is 12.1 Å². The molecule has 96 valence electrons. The van der Waals surface area contributed by atoms with Crippen molar-refractivity contribution >= 4 is 6.03 Å². The summed E-state index contributed by atoms with van der Waals surface area (Å²) in [4.78, 5) is 15.5. The first-order chi connectivity index (χ1) is 8.84. The molecule has 18 heavy (non-hydrogen) atoms. The number of nitrogens with zero attached hydrogens (tertiary/aromatic N) is 1. The van der Waals surface area contributed by atoms with E-state index in [1.54, 1.807) is 18.6 Å². The van der Waals surface area contributed by atoms with Crippen LogP contribution < -0.4 is 10.6 Å². The van der Waals surface area contributed by atoms with Crippen LogP contribution in [-0.4, -0.2) is 24.2 Å². The van der Waals surface area contributed by atoms with Gasteiger partial charge in [-0.05, 0) is 36.1 Å². The third kappa shape index (κ3) is 4.18. The lowest BCUT2D eigenvalue weighted by molar-refractivity contribution is 0.119. The van der Waals surface area contributed by atoms with Crippen molar-refractivity contribution in [1.29, 1.82) is 0 Å². The highest BCUT2D eigenvalue weighted by Gasteiger charge is 2.05. The highest BCUT2D eigenvalue weighted by atomic mass is 16.5. The number of ether oxygens (including phenoxy) is 1. The number of pyridine rings is 1. The molecule has 0 bridgehead atoms. The minimum absolute atomic E-state index is 0.189. The van der Waals surface area contributed by atoms with Gasteiger partial charge in [-0.15, -0.1) is 0 Å². The third-order valence-electron chi connectivity index (χ3n) is 2.74. The van der Waals surface area contributed by atoms with E-state index in [9.17, 15) is 4.79 Å². The maximum atomic E-state index is 11.5. The van der Waals surface area contributed by atoms with Crippen LogP contribution in [0.5, 0.6) is 0 Å². The second-order valence-electron chi connectivity index (χ2n) is 4.10. The van der Waals surface area contributed by atoms with Gasteiger partial charge in [-0.2, -0.15) is 0 Å². The lowest BCUT2D eigenvalue weighted by atomic mass is 10.1. The maximum Gasteiger partial charge on any atom is 0.319 e. The van der Waals surface area contributed by atoms with Crippen molar-refractivity contribution in [1.82, 2.24) is 15.6 Å². The highest BCUT2D eigenvalue weighted by molar-refractivity contribution is 5.74. The van der Waals surface area contributed by atoms with Crippen molar-refractivity contribution < 1.29 is 9.53 Å². The van der Waals surface area contributed by atoms with Crippen molar-refractivity contribution in [3.8, 4) is 0 Å². The third-order valence-corrected chi connectivity index (χ3v) is 2.74. The number of nitrogens with one attached hydrogen (secondary N) is 2. The molecule has 1 aromatic rings. The normalized spacial score (nSPS) is 15.0. The predicted octanol–water partition coefficient (Wildman–Crippen LogP) is 1.58. The van der Waals surface area contributed by atoms with E-state index in [0.29, 0.717) is 6.54 Å². The summed E-state index contributed by atoms with van der Waals surface area (Å²) in [6, 6.07) is 3.56. The maximum absolute atomic E-state index is 11.5. The molecule has 0 aliphatic carbocycles. The summed E-state index contributed by atoms with van der Waals surface area (Å²) in [6.45, 7) is 1.99. The molecule has 0 atom stereocenters. The van der Waals surface area contributed by atoms with Gasteiger partial charge in [-0.25, -0.2) is 4.79 Å². The molecule has 1 fully saturated rings. The van der Waals surface area contributed by atoms with E-state index < -0.39 is 0 Å². The zero-order valence-electron chi connectivity index (χ0n) is 10.2. The molecule has 5 heteroatoms. The zero-order valence-corrected chi connectivity index (χ0v) is 10.2. The molecule has 0 spiro atoms. The summed E-state index contributed by atoms with van der Waals surface area (Å²) in [6.07, 6.45) is 6.98. The second kappa shape index (κ2) is 6.76. The Bertz CT molecular complexity index is 410. The van der Waals surface area contributed by atoms with E-state index in [1.165, 1.54) is 5.57 Å².